The molecule has 0 aromatic heterocycles. The molecule has 0 aliphatic heterocycles. The Bertz CT molecular complexity index is 624. The van der Waals surface area contributed by atoms with Crippen LogP contribution < -0.4 is 0 Å². The zero-order valence-electron chi connectivity index (χ0n) is 13.8. The van der Waals surface area contributed by atoms with Gasteiger partial charge in [0.15, 0.2) is 0 Å². The molecular weight excluding hydrogens is 300 g/mol. The van der Waals surface area contributed by atoms with Gasteiger partial charge in [-0.1, -0.05) is 72.8 Å². The molecule has 24 heavy (non-hydrogen) atoms. The van der Waals surface area contributed by atoms with Crippen molar-refractivity contribution in [3.05, 3.63) is 83.9 Å². The highest BCUT2D eigenvalue weighted by atomic mass is 16.5. The average molecular weight is 324 g/mol. The van der Waals surface area contributed by atoms with Crippen molar-refractivity contribution in [1.29, 1.82) is 0 Å². The van der Waals surface area contributed by atoms with Gasteiger partial charge in [0.25, 0.3) is 0 Å². The monoisotopic (exact) mass is 324 g/mol. The van der Waals surface area contributed by atoms with Gasteiger partial charge in [0.05, 0.1) is 19.3 Å². The molecule has 3 atom stereocenters. The van der Waals surface area contributed by atoms with Crippen molar-refractivity contribution in [1.82, 2.24) is 0 Å². The lowest BCUT2D eigenvalue weighted by Gasteiger charge is -2.28. The van der Waals surface area contributed by atoms with E-state index in [4.69, 9.17) is 9.47 Å². The summed E-state index contributed by atoms with van der Waals surface area (Å²) in [5, 5.41) is 10.4. The lowest BCUT2D eigenvalue weighted by Crippen LogP contribution is -2.39. The highest BCUT2D eigenvalue weighted by Gasteiger charge is 2.30. The Hall–Kier alpha value is -1.94. The molecule has 3 heteroatoms. The SMILES string of the molecule is O[C@H]1CCC=C[C@@H](OCc2ccccc2)[C@@H]1OCc1ccccc1. The van der Waals surface area contributed by atoms with Crippen molar-refractivity contribution in [3.8, 4) is 0 Å². The van der Waals surface area contributed by atoms with Crippen LogP contribution in [0.1, 0.15) is 24.0 Å². The number of ether oxygens (including phenoxy) is 2. The van der Waals surface area contributed by atoms with Crippen LogP contribution in [0.5, 0.6) is 0 Å². The summed E-state index contributed by atoms with van der Waals surface area (Å²) in [5.41, 5.74) is 2.21. The molecule has 0 amide bonds. The van der Waals surface area contributed by atoms with Crippen molar-refractivity contribution in [3.63, 3.8) is 0 Å². The first-order valence-electron chi connectivity index (χ1n) is 8.49. The Morgan fingerprint density at radius 3 is 2.04 bits per heavy atom. The summed E-state index contributed by atoms with van der Waals surface area (Å²) in [6.07, 6.45) is 4.52. The fraction of sp³-hybridized carbons (Fsp3) is 0.333. The van der Waals surface area contributed by atoms with Gasteiger partial charge in [-0.05, 0) is 24.0 Å². The summed E-state index contributed by atoms with van der Waals surface area (Å²) in [6, 6.07) is 20.1. The Morgan fingerprint density at radius 2 is 1.42 bits per heavy atom. The first-order chi connectivity index (χ1) is 11.8. The second-order valence-electron chi connectivity index (χ2n) is 6.10. The molecule has 0 unspecified atom stereocenters. The van der Waals surface area contributed by atoms with E-state index in [0.29, 0.717) is 19.6 Å². The number of aliphatic hydroxyl groups excluding tert-OH is 1. The summed E-state index contributed by atoms with van der Waals surface area (Å²) >= 11 is 0. The van der Waals surface area contributed by atoms with Gasteiger partial charge in [-0.3, -0.25) is 0 Å². The second kappa shape index (κ2) is 8.78. The van der Waals surface area contributed by atoms with E-state index in [9.17, 15) is 5.11 Å². The van der Waals surface area contributed by atoms with Gasteiger partial charge < -0.3 is 14.6 Å². The van der Waals surface area contributed by atoms with Gasteiger partial charge in [0, 0.05) is 0 Å². The fourth-order valence-electron chi connectivity index (χ4n) is 2.88. The molecule has 126 valence electrons. The molecule has 0 heterocycles. The number of benzene rings is 2. The average Bonchev–Trinajstić information content (AvgIpc) is 2.81. The van der Waals surface area contributed by atoms with Gasteiger partial charge in [0.1, 0.15) is 12.2 Å². The van der Waals surface area contributed by atoms with Gasteiger partial charge in [0.2, 0.25) is 0 Å². The van der Waals surface area contributed by atoms with Crippen molar-refractivity contribution < 1.29 is 14.6 Å². The molecule has 0 fully saturated rings. The minimum absolute atomic E-state index is 0.244. The smallest absolute Gasteiger partial charge is 0.113 e. The first-order valence-corrected chi connectivity index (χ1v) is 8.49. The second-order valence-corrected chi connectivity index (χ2v) is 6.10. The van der Waals surface area contributed by atoms with Crippen molar-refractivity contribution in [2.24, 2.45) is 0 Å². The lowest BCUT2D eigenvalue weighted by molar-refractivity contribution is -0.115. The highest BCUT2D eigenvalue weighted by Crippen LogP contribution is 2.21. The van der Waals surface area contributed by atoms with E-state index >= 15 is 0 Å². The van der Waals surface area contributed by atoms with Crippen LogP contribution in [0.25, 0.3) is 0 Å². The van der Waals surface area contributed by atoms with E-state index in [1.165, 1.54) is 0 Å². The van der Waals surface area contributed by atoms with E-state index < -0.39 is 6.10 Å². The van der Waals surface area contributed by atoms with Gasteiger partial charge in [-0.2, -0.15) is 0 Å². The fourth-order valence-corrected chi connectivity index (χ4v) is 2.88. The molecule has 0 saturated heterocycles. The topological polar surface area (TPSA) is 38.7 Å². The first kappa shape index (κ1) is 16.9. The normalized spacial score (nSPS) is 23.8. The third kappa shape index (κ3) is 4.78. The Morgan fingerprint density at radius 1 is 0.833 bits per heavy atom. The molecule has 2 aromatic rings. The largest absolute Gasteiger partial charge is 0.390 e. The molecule has 2 aromatic carbocycles. The van der Waals surface area contributed by atoms with Crippen LogP contribution in [0, 0.1) is 0 Å². The van der Waals surface area contributed by atoms with E-state index in [-0.39, 0.29) is 12.2 Å². The Kier molecular flexibility index (Phi) is 6.19. The number of aliphatic hydroxyl groups is 1. The van der Waals surface area contributed by atoms with Crippen molar-refractivity contribution in [2.45, 2.75) is 44.4 Å². The summed E-state index contributed by atoms with van der Waals surface area (Å²) in [5.74, 6) is 0. The van der Waals surface area contributed by atoms with Crippen LogP contribution in [-0.2, 0) is 22.7 Å². The highest BCUT2D eigenvalue weighted by molar-refractivity contribution is 5.15. The van der Waals surface area contributed by atoms with E-state index in [1.807, 2.05) is 66.7 Å². The van der Waals surface area contributed by atoms with Crippen molar-refractivity contribution >= 4 is 0 Å². The zero-order valence-corrected chi connectivity index (χ0v) is 13.8. The standard InChI is InChI=1S/C21H24O3/c22-19-13-7-8-14-20(23-15-17-9-3-1-4-10-17)21(19)24-16-18-11-5-2-6-12-18/h1-6,8-12,14,19-22H,7,13,15-16H2/t19-,20+,21+/m0/s1. The van der Waals surface area contributed by atoms with Crippen LogP contribution >= 0.6 is 0 Å². The van der Waals surface area contributed by atoms with Gasteiger partial charge in [-0.15, -0.1) is 0 Å². The summed E-state index contributed by atoms with van der Waals surface area (Å²) in [7, 11) is 0. The number of allylic oxidation sites excluding steroid dienone is 1. The molecule has 0 saturated carbocycles. The van der Waals surface area contributed by atoms with Crippen LogP contribution in [0.2, 0.25) is 0 Å². The molecule has 1 aliphatic rings. The van der Waals surface area contributed by atoms with Gasteiger partial charge >= 0.3 is 0 Å². The molecule has 0 spiro atoms. The number of hydrogen-bond acceptors (Lipinski definition) is 3. The van der Waals surface area contributed by atoms with Crippen LogP contribution in [0.3, 0.4) is 0 Å². The Balaban J connectivity index is 1.64. The van der Waals surface area contributed by atoms with Crippen LogP contribution in [0.4, 0.5) is 0 Å². The maximum absolute atomic E-state index is 10.4. The van der Waals surface area contributed by atoms with Crippen molar-refractivity contribution in [2.75, 3.05) is 0 Å². The number of rotatable bonds is 6. The molecule has 1 aliphatic carbocycles. The number of hydrogen-bond donors (Lipinski definition) is 1. The molecule has 1 N–H and O–H groups in total. The molecule has 0 bridgehead atoms. The molecular formula is C21H24O3. The van der Waals surface area contributed by atoms with Crippen LogP contribution in [0.15, 0.2) is 72.8 Å². The summed E-state index contributed by atoms with van der Waals surface area (Å²) in [4.78, 5) is 0. The summed E-state index contributed by atoms with van der Waals surface area (Å²) in [6.45, 7) is 0.982. The molecule has 0 radical (unpaired) electrons. The third-order valence-corrected chi connectivity index (χ3v) is 4.23. The third-order valence-electron chi connectivity index (χ3n) is 4.23. The van der Waals surface area contributed by atoms with Crippen LogP contribution in [-0.4, -0.2) is 23.4 Å². The van der Waals surface area contributed by atoms with E-state index in [2.05, 4.69) is 6.08 Å². The Labute approximate surface area is 143 Å². The predicted molar refractivity (Wildman–Crippen MR) is 94.4 cm³/mol. The summed E-state index contributed by atoms with van der Waals surface area (Å²) < 4.78 is 12.1. The van der Waals surface area contributed by atoms with E-state index in [0.717, 1.165) is 17.5 Å². The lowest BCUT2D eigenvalue weighted by atomic mass is 10.1. The maximum atomic E-state index is 10.4. The van der Waals surface area contributed by atoms with E-state index in [1.54, 1.807) is 0 Å². The minimum Gasteiger partial charge on any atom is -0.390 e. The zero-order chi connectivity index (χ0) is 16.6. The predicted octanol–water partition coefficient (Wildman–Crippen LogP) is 3.87. The molecule has 3 rings (SSSR count). The quantitative estimate of drug-likeness (QED) is 0.820. The minimum atomic E-state index is -0.524. The van der Waals surface area contributed by atoms with Gasteiger partial charge in [-0.25, -0.2) is 0 Å². The maximum Gasteiger partial charge on any atom is 0.113 e. The molecule has 3 nitrogen and oxygen atoms in total.